The van der Waals surface area contributed by atoms with Crippen molar-refractivity contribution in [3.63, 3.8) is 0 Å². The molecule has 0 spiro atoms. The lowest BCUT2D eigenvalue weighted by Gasteiger charge is -2.11. The minimum absolute atomic E-state index is 0.0706. The highest BCUT2D eigenvalue weighted by Crippen LogP contribution is 2.15. The monoisotopic (exact) mass is 367 g/mol. The minimum Gasteiger partial charge on any atom is -0.370 e. The van der Waals surface area contributed by atoms with Gasteiger partial charge in [-0.1, -0.05) is 0 Å². The maximum absolute atomic E-state index is 13.1. The number of sulfonamides is 1. The zero-order valence-corrected chi connectivity index (χ0v) is 15.2. The van der Waals surface area contributed by atoms with Crippen molar-refractivity contribution in [1.82, 2.24) is 14.7 Å². The van der Waals surface area contributed by atoms with Gasteiger partial charge in [0.25, 0.3) is 0 Å². The Labute approximate surface area is 147 Å². The van der Waals surface area contributed by atoms with Gasteiger partial charge in [-0.15, -0.1) is 0 Å². The zero-order valence-electron chi connectivity index (χ0n) is 14.4. The van der Waals surface area contributed by atoms with Crippen LogP contribution < -0.4 is 15.4 Å². The molecule has 0 radical (unpaired) electrons. The molecule has 0 saturated carbocycles. The fourth-order valence-corrected chi connectivity index (χ4v) is 3.55. The standard InChI is InChI=1S/C16H22FN5O2S/c1-4-18-15-10-16(22-12(3)21-15)19-7-8-20-25(23,24)14-6-5-13(17)9-11(14)2/h5-6,9-10,20H,4,7-8H2,1-3H3,(H2,18,19,21,22). The maximum atomic E-state index is 13.1. The van der Waals surface area contributed by atoms with E-state index in [0.29, 0.717) is 29.6 Å². The van der Waals surface area contributed by atoms with E-state index in [1.807, 2.05) is 6.92 Å². The SMILES string of the molecule is CCNc1cc(NCCNS(=O)(=O)c2ccc(F)cc2C)nc(C)n1. The Morgan fingerprint density at radius 3 is 2.36 bits per heavy atom. The van der Waals surface area contributed by atoms with Crippen LogP contribution in [0.15, 0.2) is 29.2 Å². The van der Waals surface area contributed by atoms with Gasteiger partial charge in [0.2, 0.25) is 10.0 Å². The fourth-order valence-electron chi connectivity index (χ4n) is 2.30. The van der Waals surface area contributed by atoms with Gasteiger partial charge in [0.1, 0.15) is 23.3 Å². The van der Waals surface area contributed by atoms with Gasteiger partial charge in [-0.05, 0) is 44.5 Å². The number of nitrogens with one attached hydrogen (secondary N) is 3. The Hall–Kier alpha value is -2.26. The van der Waals surface area contributed by atoms with Crippen LogP contribution in [-0.4, -0.2) is 38.0 Å². The molecule has 0 atom stereocenters. The van der Waals surface area contributed by atoms with Crippen LogP contribution in [0, 0.1) is 19.7 Å². The quantitative estimate of drug-likeness (QED) is 0.618. The van der Waals surface area contributed by atoms with E-state index < -0.39 is 15.8 Å². The van der Waals surface area contributed by atoms with E-state index in [0.717, 1.165) is 12.6 Å². The summed E-state index contributed by atoms with van der Waals surface area (Å²) in [5.41, 5.74) is 0.363. The molecule has 3 N–H and O–H groups in total. The highest BCUT2D eigenvalue weighted by atomic mass is 32.2. The molecule has 9 heteroatoms. The summed E-state index contributed by atoms with van der Waals surface area (Å²) in [5, 5.41) is 6.16. The molecule has 2 aromatic rings. The van der Waals surface area contributed by atoms with Gasteiger partial charge < -0.3 is 10.6 Å². The third kappa shape index (κ3) is 5.36. The Morgan fingerprint density at radius 1 is 1.04 bits per heavy atom. The molecule has 7 nitrogen and oxygen atoms in total. The van der Waals surface area contributed by atoms with E-state index >= 15 is 0 Å². The van der Waals surface area contributed by atoms with Crippen LogP contribution in [0.5, 0.6) is 0 Å². The van der Waals surface area contributed by atoms with E-state index in [-0.39, 0.29) is 11.4 Å². The first-order valence-corrected chi connectivity index (χ1v) is 9.39. The second-order valence-electron chi connectivity index (χ2n) is 5.45. The smallest absolute Gasteiger partial charge is 0.240 e. The molecule has 0 bridgehead atoms. The second kappa shape index (κ2) is 8.21. The minimum atomic E-state index is -3.69. The second-order valence-corrected chi connectivity index (χ2v) is 7.19. The Kier molecular flexibility index (Phi) is 6.27. The molecule has 2 rings (SSSR count). The van der Waals surface area contributed by atoms with Crippen LogP contribution in [0.25, 0.3) is 0 Å². The Morgan fingerprint density at radius 2 is 1.72 bits per heavy atom. The summed E-state index contributed by atoms with van der Waals surface area (Å²) in [5.74, 6) is 1.47. The van der Waals surface area contributed by atoms with Crippen molar-refractivity contribution in [2.75, 3.05) is 30.3 Å². The Bertz CT molecular complexity index is 842. The summed E-state index contributed by atoms with van der Waals surface area (Å²) in [6.07, 6.45) is 0. The first kappa shape index (κ1) is 19.1. The van der Waals surface area contributed by atoms with Gasteiger partial charge in [0.15, 0.2) is 0 Å². The molecule has 0 amide bonds. The maximum Gasteiger partial charge on any atom is 0.240 e. The first-order chi connectivity index (χ1) is 11.8. The van der Waals surface area contributed by atoms with E-state index in [2.05, 4.69) is 25.3 Å². The number of anilines is 2. The third-order valence-corrected chi connectivity index (χ3v) is 4.97. The van der Waals surface area contributed by atoms with Gasteiger partial charge in [-0.3, -0.25) is 0 Å². The van der Waals surface area contributed by atoms with Crippen molar-refractivity contribution >= 4 is 21.7 Å². The van der Waals surface area contributed by atoms with E-state index in [1.54, 1.807) is 19.9 Å². The average Bonchev–Trinajstić information content (AvgIpc) is 2.51. The number of nitrogens with zero attached hydrogens (tertiary/aromatic N) is 2. The molecule has 1 heterocycles. The highest BCUT2D eigenvalue weighted by molar-refractivity contribution is 7.89. The largest absolute Gasteiger partial charge is 0.370 e. The number of halogens is 1. The fraction of sp³-hybridized carbons (Fsp3) is 0.375. The number of hydrogen-bond donors (Lipinski definition) is 3. The lowest BCUT2D eigenvalue weighted by atomic mass is 10.2. The van der Waals surface area contributed by atoms with Crippen molar-refractivity contribution in [1.29, 1.82) is 0 Å². The van der Waals surface area contributed by atoms with Crippen molar-refractivity contribution in [2.45, 2.75) is 25.7 Å². The van der Waals surface area contributed by atoms with Crippen LogP contribution >= 0.6 is 0 Å². The van der Waals surface area contributed by atoms with Gasteiger partial charge >= 0.3 is 0 Å². The summed E-state index contributed by atoms with van der Waals surface area (Å²) in [4.78, 5) is 8.56. The van der Waals surface area contributed by atoms with Crippen LogP contribution in [0.1, 0.15) is 18.3 Å². The number of aryl methyl sites for hydroxylation is 2. The first-order valence-electron chi connectivity index (χ1n) is 7.91. The normalized spacial score (nSPS) is 11.4. The number of aromatic nitrogens is 2. The molecule has 136 valence electrons. The molecule has 0 saturated heterocycles. The van der Waals surface area contributed by atoms with E-state index in [1.165, 1.54) is 12.1 Å². The molecular formula is C16H22FN5O2S. The summed E-state index contributed by atoms with van der Waals surface area (Å²) in [7, 11) is -3.69. The molecule has 0 aliphatic heterocycles. The van der Waals surface area contributed by atoms with E-state index in [4.69, 9.17) is 0 Å². The van der Waals surface area contributed by atoms with Crippen molar-refractivity contribution in [3.8, 4) is 0 Å². The molecule has 0 unspecified atom stereocenters. The molecule has 0 aliphatic rings. The average molecular weight is 367 g/mol. The van der Waals surface area contributed by atoms with E-state index in [9.17, 15) is 12.8 Å². The zero-order chi connectivity index (χ0) is 18.4. The van der Waals surface area contributed by atoms with Crippen LogP contribution in [0.3, 0.4) is 0 Å². The van der Waals surface area contributed by atoms with Gasteiger partial charge in [0, 0.05) is 25.7 Å². The summed E-state index contributed by atoms with van der Waals surface area (Å²) in [6.45, 7) is 6.57. The topological polar surface area (TPSA) is 96.0 Å². The predicted molar refractivity (Wildman–Crippen MR) is 95.7 cm³/mol. The van der Waals surface area contributed by atoms with Crippen LogP contribution in [-0.2, 0) is 10.0 Å². The molecule has 1 aromatic heterocycles. The molecule has 25 heavy (non-hydrogen) atoms. The molecule has 0 fully saturated rings. The van der Waals surface area contributed by atoms with Gasteiger partial charge in [0.05, 0.1) is 4.90 Å². The van der Waals surface area contributed by atoms with Gasteiger partial charge in [-0.25, -0.2) is 27.5 Å². The number of benzene rings is 1. The number of rotatable bonds is 8. The summed E-state index contributed by atoms with van der Waals surface area (Å²) in [6, 6.07) is 5.34. The number of hydrogen-bond acceptors (Lipinski definition) is 6. The van der Waals surface area contributed by atoms with Crippen molar-refractivity contribution in [3.05, 3.63) is 41.5 Å². The lowest BCUT2D eigenvalue weighted by Crippen LogP contribution is -2.29. The third-order valence-electron chi connectivity index (χ3n) is 3.35. The highest BCUT2D eigenvalue weighted by Gasteiger charge is 2.16. The van der Waals surface area contributed by atoms with Crippen LogP contribution in [0.2, 0.25) is 0 Å². The van der Waals surface area contributed by atoms with Crippen LogP contribution in [0.4, 0.5) is 16.0 Å². The molecule has 1 aromatic carbocycles. The predicted octanol–water partition coefficient (Wildman–Crippen LogP) is 2.05. The van der Waals surface area contributed by atoms with Gasteiger partial charge in [-0.2, -0.15) is 0 Å². The van der Waals surface area contributed by atoms with Crippen molar-refractivity contribution < 1.29 is 12.8 Å². The lowest BCUT2D eigenvalue weighted by molar-refractivity contribution is 0.581. The van der Waals surface area contributed by atoms with Crippen molar-refractivity contribution in [2.24, 2.45) is 0 Å². The summed E-state index contributed by atoms with van der Waals surface area (Å²) >= 11 is 0. The molecule has 0 aliphatic carbocycles. The Balaban J connectivity index is 1.94. The molecular weight excluding hydrogens is 345 g/mol. The summed E-state index contributed by atoms with van der Waals surface area (Å²) < 4.78 is 40.1.